The zero-order chi connectivity index (χ0) is 40.2. The van der Waals surface area contributed by atoms with Gasteiger partial charge in [-0.3, -0.25) is 23.9 Å². The quantitative estimate of drug-likeness (QED) is 0.0118. The highest BCUT2D eigenvalue weighted by molar-refractivity contribution is 7.47. The van der Waals surface area contributed by atoms with Gasteiger partial charge in [0.25, 0.3) is 0 Å². The SMILES string of the molecule is CCCCCCCCCCCCCCCC(=O)OC[C@H](COP(=O)(O)OCC[N+](C)(C)C)OC(=O)CCCCCCC/C=C\C=C\C(CCCCC)OO. The van der Waals surface area contributed by atoms with Gasteiger partial charge in [0.2, 0.25) is 0 Å². The fraction of sp³-hybridized carbons (Fsp3) is 0.857. The number of carbonyl (C=O) groups is 2. The van der Waals surface area contributed by atoms with Crippen molar-refractivity contribution in [3.05, 3.63) is 24.3 Å². The minimum Gasteiger partial charge on any atom is -0.462 e. The summed E-state index contributed by atoms with van der Waals surface area (Å²) in [5, 5.41) is 9.02. The van der Waals surface area contributed by atoms with E-state index in [0.29, 0.717) is 17.4 Å². The lowest BCUT2D eigenvalue weighted by Crippen LogP contribution is -2.37. The molecule has 0 spiro atoms. The Kier molecular flexibility index (Phi) is 34.7. The molecule has 0 heterocycles. The number of quaternary nitrogens is 1. The molecule has 318 valence electrons. The number of carbonyl (C=O) groups excluding carboxylic acids is 2. The maximum atomic E-state index is 12.7. The first-order chi connectivity index (χ1) is 25.9. The molecule has 2 N–H and O–H groups in total. The van der Waals surface area contributed by atoms with E-state index < -0.39 is 26.5 Å². The highest BCUT2D eigenvalue weighted by atomic mass is 31.2. The Morgan fingerprint density at radius 2 is 1.19 bits per heavy atom. The third-order valence-corrected chi connectivity index (χ3v) is 10.2. The largest absolute Gasteiger partial charge is 0.472 e. The second-order valence-electron chi connectivity index (χ2n) is 15.7. The van der Waals surface area contributed by atoms with E-state index in [-0.39, 0.29) is 38.1 Å². The van der Waals surface area contributed by atoms with Crippen LogP contribution in [-0.2, 0) is 37.6 Å². The van der Waals surface area contributed by atoms with Gasteiger partial charge in [-0.05, 0) is 32.1 Å². The summed E-state index contributed by atoms with van der Waals surface area (Å²) in [7, 11) is 1.42. The monoisotopic (exact) mass is 791 g/mol. The summed E-state index contributed by atoms with van der Waals surface area (Å²) in [6.45, 7) is 4.22. The molecule has 0 rings (SSSR count). The molecule has 0 saturated heterocycles. The average Bonchev–Trinajstić information content (AvgIpc) is 3.12. The lowest BCUT2D eigenvalue weighted by Gasteiger charge is -2.24. The molecule has 54 heavy (non-hydrogen) atoms. The Morgan fingerprint density at radius 1 is 0.667 bits per heavy atom. The molecule has 0 fully saturated rings. The lowest BCUT2D eigenvalue weighted by molar-refractivity contribution is -0.870. The van der Waals surface area contributed by atoms with E-state index in [9.17, 15) is 19.0 Å². The normalized spacial score (nSPS) is 14.4. The molecule has 0 radical (unpaired) electrons. The minimum atomic E-state index is -4.39. The third kappa shape index (κ3) is 37.3. The Hall–Kier alpha value is -1.59. The van der Waals surface area contributed by atoms with Gasteiger partial charge in [-0.1, -0.05) is 154 Å². The molecule has 0 aromatic carbocycles. The van der Waals surface area contributed by atoms with E-state index in [1.807, 2.05) is 39.4 Å². The molecule has 0 aliphatic heterocycles. The van der Waals surface area contributed by atoms with Crippen LogP contribution >= 0.6 is 7.82 Å². The van der Waals surface area contributed by atoms with Gasteiger partial charge in [-0.25, -0.2) is 9.45 Å². The van der Waals surface area contributed by atoms with Crippen molar-refractivity contribution >= 4 is 19.8 Å². The molecular weight excluding hydrogens is 709 g/mol. The van der Waals surface area contributed by atoms with Gasteiger partial charge in [-0.2, -0.15) is 0 Å². The molecule has 3 atom stereocenters. The van der Waals surface area contributed by atoms with E-state index in [1.165, 1.54) is 64.2 Å². The first-order valence-electron chi connectivity index (χ1n) is 21.3. The number of allylic oxidation sites excluding steroid dienone is 3. The van der Waals surface area contributed by atoms with Crippen molar-refractivity contribution in [2.24, 2.45) is 0 Å². The van der Waals surface area contributed by atoms with Gasteiger partial charge in [0.15, 0.2) is 6.10 Å². The Bertz CT molecular complexity index is 1000. The van der Waals surface area contributed by atoms with Crippen molar-refractivity contribution < 1.29 is 52.2 Å². The number of unbranched alkanes of at least 4 members (excludes halogenated alkanes) is 19. The molecule has 2 unspecified atom stereocenters. The van der Waals surface area contributed by atoms with Crippen LogP contribution in [0.2, 0.25) is 0 Å². The molecule has 0 saturated carbocycles. The Balaban J connectivity index is 4.48. The number of rotatable bonds is 39. The van der Waals surface area contributed by atoms with Crippen molar-refractivity contribution in [1.82, 2.24) is 0 Å². The standard InChI is InChI=1S/C42H80NO10P/c1-6-8-10-11-12-13-14-15-16-19-22-25-29-33-41(44)49-37-40(38-51-54(47,48)50-36-35-43(3,4)5)52-42(45)34-30-26-23-20-17-18-21-24-28-32-39(53-46)31-27-9-7-2/h21,24,28,32,39-40H,6-20,22-23,25-27,29-31,33-38H2,1-5H3,(H-,46,47,48)/p+1/b24-21-,32-28+/t39?,40-/m1/s1. The molecule has 0 aromatic heterocycles. The van der Waals surface area contributed by atoms with Crippen molar-refractivity contribution in [2.75, 3.05) is 47.5 Å². The fourth-order valence-electron chi connectivity index (χ4n) is 5.76. The maximum absolute atomic E-state index is 12.7. The van der Waals surface area contributed by atoms with E-state index in [1.54, 1.807) is 0 Å². The van der Waals surface area contributed by atoms with Crippen molar-refractivity contribution in [1.29, 1.82) is 0 Å². The lowest BCUT2D eigenvalue weighted by atomic mass is 10.0. The molecule has 0 bridgehead atoms. The van der Waals surface area contributed by atoms with Crippen LogP contribution in [0.15, 0.2) is 24.3 Å². The number of esters is 2. The van der Waals surface area contributed by atoms with E-state index >= 15 is 0 Å². The minimum absolute atomic E-state index is 0.0167. The topological polar surface area (TPSA) is 138 Å². The van der Waals surface area contributed by atoms with Gasteiger partial charge in [-0.15, -0.1) is 0 Å². The number of nitrogens with zero attached hydrogens (tertiary/aromatic N) is 1. The zero-order valence-corrected chi connectivity index (χ0v) is 35.9. The van der Waals surface area contributed by atoms with Crippen LogP contribution in [0.25, 0.3) is 0 Å². The Morgan fingerprint density at radius 3 is 1.74 bits per heavy atom. The first-order valence-corrected chi connectivity index (χ1v) is 22.8. The smallest absolute Gasteiger partial charge is 0.462 e. The van der Waals surface area contributed by atoms with Gasteiger partial charge in [0, 0.05) is 12.8 Å². The van der Waals surface area contributed by atoms with Crippen LogP contribution < -0.4 is 0 Å². The van der Waals surface area contributed by atoms with Crippen LogP contribution in [-0.4, -0.2) is 86.3 Å². The molecule has 0 aromatic rings. The van der Waals surface area contributed by atoms with Crippen LogP contribution in [0.1, 0.15) is 174 Å². The van der Waals surface area contributed by atoms with Crippen molar-refractivity contribution in [2.45, 2.75) is 187 Å². The van der Waals surface area contributed by atoms with E-state index in [0.717, 1.165) is 77.0 Å². The highest BCUT2D eigenvalue weighted by Crippen LogP contribution is 2.43. The number of likely N-dealkylation sites (N-methyl/N-ethyl adjacent to an activating group) is 1. The maximum Gasteiger partial charge on any atom is 0.472 e. The molecule has 11 nitrogen and oxygen atoms in total. The predicted molar refractivity (Wildman–Crippen MR) is 218 cm³/mol. The van der Waals surface area contributed by atoms with Gasteiger partial charge in [0.05, 0.1) is 27.7 Å². The highest BCUT2D eigenvalue weighted by Gasteiger charge is 2.27. The predicted octanol–water partition coefficient (Wildman–Crippen LogP) is 11.0. The van der Waals surface area contributed by atoms with Crippen molar-refractivity contribution in [3.8, 4) is 0 Å². The van der Waals surface area contributed by atoms with E-state index in [2.05, 4.69) is 24.8 Å². The van der Waals surface area contributed by atoms with Gasteiger partial charge >= 0.3 is 19.8 Å². The van der Waals surface area contributed by atoms with Crippen LogP contribution in [0.4, 0.5) is 0 Å². The fourth-order valence-corrected chi connectivity index (χ4v) is 6.50. The van der Waals surface area contributed by atoms with Gasteiger partial charge in [0.1, 0.15) is 25.9 Å². The Labute approximate surface area is 329 Å². The number of hydrogen-bond donors (Lipinski definition) is 2. The molecule has 0 aliphatic rings. The second kappa shape index (κ2) is 35.8. The first kappa shape index (κ1) is 52.4. The summed E-state index contributed by atoms with van der Waals surface area (Å²) in [6.07, 6.45) is 32.5. The summed E-state index contributed by atoms with van der Waals surface area (Å²) in [5.74, 6) is -0.855. The molecule has 12 heteroatoms. The second-order valence-corrected chi connectivity index (χ2v) is 17.1. The summed E-state index contributed by atoms with van der Waals surface area (Å²) in [6, 6.07) is 0. The number of hydrogen-bond acceptors (Lipinski definition) is 9. The number of ether oxygens (including phenoxy) is 2. The third-order valence-electron chi connectivity index (χ3n) is 9.21. The van der Waals surface area contributed by atoms with Crippen LogP contribution in [0.3, 0.4) is 0 Å². The summed E-state index contributed by atoms with van der Waals surface area (Å²) in [4.78, 5) is 39.8. The summed E-state index contributed by atoms with van der Waals surface area (Å²) in [5.41, 5.74) is 0. The zero-order valence-electron chi connectivity index (χ0n) is 35.0. The summed E-state index contributed by atoms with van der Waals surface area (Å²) < 4.78 is 34.2. The number of phosphoric acid groups is 1. The summed E-state index contributed by atoms with van der Waals surface area (Å²) >= 11 is 0. The average molecular weight is 791 g/mol. The van der Waals surface area contributed by atoms with Gasteiger partial charge < -0.3 is 18.9 Å². The van der Waals surface area contributed by atoms with Crippen molar-refractivity contribution in [3.63, 3.8) is 0 Å². The van der Waals surface area contributed by atoms with Crippen LogP contribution in [0, 0.1) is 0 Å². The molecule has 0 aliphatic carbocycles. The molecular formula is C42H81NO10P+. The van der Waals surface area contributed by atoms with E-state index in [4.69, 9.17) is 23.8 Å². The molecule has 0 amide bonds. The number of phosphoric ester groups is 1. The van der Waals surface area contributed by atoms with Crippen LogP contribution in [0.5, 0.6) is 0 Å².